The molecule has 1 heterocycles. The predicted molar refractivity (Wildman–Crippen MR) is 66.1 cm³/mol. The molecule has 0 aliphatic rings. The van der Waals surface area contributed by atoms with E-state index in [-0.39, 0.29) is 5.41 Å². The third-order valence-corrected chi connectivity index (χ3v) is 3.21. The number of pyridine rings is 1. The summed E-state index contributed by atoms with van der Waals surface area (Å²) in [5.74, 6) is 0.585. The van der Waals surface area contributed by atoms with Gasteiger partial charge in [-0.15, -0.1) is 0 Å². The smallest absolute Gasteiger partial charge is 0.163 e. The molecule has 3 heteroatoms. The molecule has 0 saturated carbocycles. The standard InChI is InChI=1S/C13H19N3/c1-10(2)13(3,4)9-16-11-6-5-7-15-12(11)8-14/h5-7,10,16H,9H2,1-4H3. The first kappa shape index (κ1) is 12.5. The highest BCUT2D eigenvalue weighted by molar-refractivity contribution is 5.53. The maximum absolute atomic E-state index is 8.90. The zero-order valence-electron chi connectivity index (χ0n) is 10.4. The summed E-state index contributed by atoms with van der Waals surface area (Å²) in [5, 5.41) is 12.2. The molecule has 0 atom stereocenters. The zero-order valence-corrected chi connectivity index (χ0v) is 10.4. The number of anilines is 1. The predicted octanol–water partition coefficient (Wildman–Crippen LogP) is 3.05. The Morgan fingerprint density at radius 1 is 1.50 bits per heavy atom. The monoisotopic (exact) mass is 217 g/mol. The van der Waals surface area contributed by atoms with Gasteiger partial charge in [-0.2, -0.15) is 5.26 Å². The summed E-state index contributed by atoms with van der Waals surface area (Å²) in [5.41, 5.74) is 1.48. The van der Waals surface area contributed by atoms with Crippen LogP contribution in [0.15, 0.2) is 18.3 Å². The highest BCUT2D eigenvalue weighted by Crippen LogP contribution is 2.26. The number of nitriles is 1. The summed E-state index contributed by atoms with van der Waals surface area (Å²) in [7, 11) is 0. The van der Waals surface area contributed by atoms with Crippen LogP contribution in [0.5, 0.6) is 0 Å². The third-order valence-electron chi connectivity index (χ3n) is 3.21. The second kappa shape index (κ2) is 4.98. The molecule has 0 saturated heterocycles. The van der Waals surface area contributed by atoms with Crippen molar-refractivity contribution in [2.24, 2.45) is 11.3 Å². The van der Waals surface area contributed by atoms with E-state index >= 15 is 0 Å². The molecular formula is C13H19N3. The summed E-state index contributed by atoms with van der Waals surface area (Å²) in [6.45, 7) is 9.68. The average molecular weight is 217 g/mol. The van der Waals surface area contributed by atoms with Gasteiger partial charge in [-0.05, 0) is 23.5 Å². The van der Waals surface area contributed by atoms with Crippen molar-refractivity contribution in [1.29, 1.82) is 5.26 Å². The summed E-state index contributed by atoms with van der Waals surface area (Å²) >= 11 is 0. The second-order valence-electron chi connectivity index (χ2n) is 5.01. The number of nitrogens with zero attached hydrogens (tertiary/aromatic N) is 2. The SMILES string of the molecule is CC(C)C(C)(C)CNc1cccnc1C#N. The summed E-state index contributed by atoms with van der Waals surface area (Å²) in [6.07, 6.45) is 1.64. The van der Waals surface area contributed by atoms with E-state index in [1.165, 1.54) is 0 Å². The van der Waals surface area contributed by atoms with Crippen molar-refractivity contribution in [3.05, 3.63) is 24.0 Å². The highest BCUT2D eigenvalue weighted by atomic mass is 14.9. The summed E-state index contributed by atoms with van der Waals surface area (Å²) < 4.78 is 0. The van der Waals surface area contributed by atoms with Crippen molar-refractivity contribution in [3.8, 4) is 6.07 Å². The number of hydrogen-bond acceptors (Lipinski definition) is 3. The van der Waals surface area contributed by atoms with Crippen molar-refractivity contribution in [2.45, 2.75) is 27.7 Å². The number of aromatic nitrogens is 1. The lowest BCUT2D eigenvalue weighted by molar-refractivity contribution is 0.269. The molecule has 0 unspecified atom stereocenters. The lowest BCUT2D eigenvalue weighted by Crippen LogP contribution is -2.28. The van der Waals surface area contributed by atoms with Gasteiger partial charge in [0.25, 0.3) is 0 Å². The fourth-order valence-corrected chi connectivity index (χ4v) is 1.16. The van der Waals surface area contributed by atoms with E-state index in [2.05, 4.69) is 44.1 Å². The Hall–Kier alpha value is -1.56. The number of hydrogen-bond donors (Lipinski definition) is 1. The van der Waals surface area contributed by atoms with Crippen molar-refractivity contribution in [3.63, 3.8) is 0 Å². The second-order valence-corrected chi connectivity index (χ2v) is 5.01. The quantitative estimate of drug-likeness (QED) is 0.843. The molecule has 0 spiro atoms. The van der Waals surface area contributed by atoms with E-state index in [9.17, 15) is 0 Å². The van der Waals surface area contributed by atoms with Gasteiger partial charge in [0.05, 0.1) is 5.69 Å². The summed E-state index contributed by atoms with van der Waals surface area (Å²) in [4.78, 5) is 4.02. The van der Waals surface area contributed by atoms with Crippen LogP contribution in [-0.2, 0) is 0 Å². The van der Waals surface area contributed by atoms with Crippen LogP contribution >= 0.6 is 0 Å². The van der Waals surface area contributed by atoms with E-state index in [1.54, 1.807) is 6.20 Å². The Balaban J connectivity index is 2.72. The number of rotatable bonds is 4. The van der Waals surface area contributed by atoms with Crippen LogP contribution < -0.4 is 5.32 Å². The molecule has 0 fully saturated rings. The highest BCUT2D eigenvalue weighted by Gasteiger charge is 2.22. The topological polar surface area (TPSA) is 48.7 Å². The maximum Gasteiger partial charge on any atom is 0.163 e. The molecule has 1 aromatic heterocycles. The largest absolute Gasteiger partial charge is 0.382 e. The van der Waals surface area contributed by atoms with E-state index in [0.29, 0.717) is 11.6 Å². The van der Waals surface area contributed by atoms with Gasteiger partial charge in [0.1, 0.15) is 6.07 Å². The maximum atomic E-state index is 8.90. The lowest BCUT2D eigenvalue weighted by atomic mass is 9.81. The zero-order chi connectivity index (χ0) is 12.2. The molecule has 16 heavy (non-hydrogen) atoms. The lowest BCUT2D eigenvalue weighted by Gasteiger charge is -2.29. The van der Waals surface area contributed by atoms with Crippen LogP contribution in [0, 0.1) is 22.7 Å². The van der Waals surface area contributed by atoms with E-state index in [4.69, 9.17) is 5.26 Å². The van der Waals surface area contributed by atoms with Gasteiger partial charge in [-0.25, -0.2) is 4.98 Å². The Kier molecular flexibility index (Phi) is 3.89. The Morgan fingerprint density at radius 2 is 2.19 bits per heavy atom. The van der Waals surface area contributed by atoms with Crippen LogP contribution in [-0.4, -0.2) is 11.5 Å². The normalized spacial score (nSPS) is 11.2. The molecule has 1 N–H and O–H groups in total. The number of nitrogens with one attached hydrogen (secondary N) is 1. The van der Waals surface area contributed by atoms with Crippen LogP contribution in [0.2, 0.25) is 0 Å². The fraction of sp³-hybridized carbons (Fsp3) is 0.538. The van der Waals surface area contributed by atoms with Crippen molar-refractivity contribution in [2.75, 3.05) is 11.9 Å². The molecular weight excluding hydrogens is 198 g/mol. The molecule has 86 valence electrons. The van der Waals surface area contributed by atoms with Gasteiger partial charge in [-0.1, -0.05) is 27.7 Å². The van der Waals surface area contributed by atoms with Crippen LogP contribution in [0.1, 0.15) is 33.4 Å². The molecule has 0 amide bonds. The third kappa shape index (κ3) is 2.96. The molecule has 1 rings (SSSR count). The van der Waals surface area contributed by atoms with Gasteiger partial charge >= 0.3 is 0 Å². The first-order chi connectivity index (χ1) is 7.47. The van der Waals surface area contributed by atoms with Crippen LogP contribution in [0.4, 0.5) is 5.69 Å². The molecule has 0 aliphatic carbocycles. The Labute approximate surface area is 97.5 Å². The van der Waals surface area contributed by atoms with Crippen molar-refractivity contribution < 1.29 is 0 Å². The Bertz CT molecular complexity index is 388. The molecule has 0 aliphatic heterocycles. The minimum Gasteiger partial charge on any atom is -0.382 e. The van der Waals surface area contributed by atoms with E-state index in [1.807, 2.05) is 12.1 Å². The first-order valence-electron chi connectivity index (χ1n) is 5.56. The van der Waals surface area contributed by atoms with Gasteiger partial charge in [0.15, 0.2) is 5.69 Å². The molecule has 3 nitrogen and oxygen atoms in total. The molecule has 0 bridgehead atoms. The molecule has 1 aromatic rings. The molecule has 0 radical (unpaired) electrons. The van der Waals surface area contributed by atoms with Gasteiger partial charge < -0.3 is 5.32 Å². The van der Waals surface area contributed by atoms with Crippen LogP contribution in [0.3, 0.4) is 0 Å². The fourth-order valence-electron chi connectivity index (χ4n) is 1.16. The minimum atomic E-state index is 0.197. The van der Waals surface area contributed by atoms with E-state index < -0.39 is 0 Å². The first-order valence-corrected chi connectivity index (χ1v) is 5.56. The Morgan fingerprint density at radius 3 is 2.75 bits per heavy atom. The van der Waals surface area contributed by atoms with Gasteiger partial charge in [0, 0.05) is 12.7 Å². The minimum absolute atomic E-state index is 0.197. The summed E-state index contributed by atoms with van der Waals surface area (Å²) in [6, 6.07) is 5.82. The van der Waals surface area contributed by atoms with Crippen LogP contribution in [0.25, 0.3) is 0 Å². The van der Waals surface area contributed by atoms with Gasteiger partial charge in [0.2, 0.25) is 0 Å². The average Bonchev–Trinajstić information content (AvgIpc) is 2.26. The van der Waals surface area contributed by atoms with Gasteiger partial charge in [-0.3, -0.25) is 0 Å². The van der Waals surface area contributed by atoms with Crippen molar-refractivity contribution in [1.82, 2.24) is 4.98 Å². The molecule has 0 aromatic carbocycles. The van der Waals surface area contributed by atoms with Crippen molar-refractivity contribution >= 4 is 5.69 Å². The van der Waals surface area contributed by atoms with E-state index in [0.717, 1.165) is 12.2 Å².